The molecule has 0 saturated carbocycles. The van der Waals surface area contributed by atoms with Crippen molar-refractivity contribution in [2.75, 3.05) is 0 Å². The van der Waals surface area contributed by atoms with E-state index >= 15 is 0 Å². The quantitative estimate of drug-likeness (QED) is 0.529. The molecule has 6 nitrogen and oxygen atoms in total. The lowest BCUT2D eigenvalue weighted by Crippen LogP contribution is -2.62. The number of ether oxygens (including phenoxy) is 1. The van der Waals surface area contributed by atoms with E-state index in [1.54, 1.807) is 0 Å². The van der Waals surface area contributed by atoms with Gasteiger partial charge < -0.3 is 20.3 Å². The molecule has 1 fully saturated rings. The molecule has 0 aliphatic carbocycles. The summed E-state index contributed by atoms with van der Waals surface area (Å²) in [5.41, 5.74) is 0. The Morgan fingerprint density at radius 3 is 2.25 bits per heavy atom. The molecule has 0 aromatic carbocycles. The van der Waals surface area contributed by atoms with Gasteiger partial charge >= 0.3 is 0 Å². The zero-order valence-electron chi connectivity index (χ0n) is 15.2. The summed E-state index contributed by atoms with van der Waals surface area (Å²) in [6, 6.07) is -1.10. The fraction of sp³-hybridized carbons (Fsp3) is 0.944. The molecule has 1 amide bonds. The molecule has 3 N–H and O–H groups in total. The van der Waals surface area contributed by atoms with Crippen LogP contribution in [0.25, 0.3) is 0 Å². The summed E-state index contributed by atoms with van der Waals surface area (Å²) >= 11 is 0. The lowest BCUT2D eigenvalue weighted by atomic mass is 9.97. The second-order valence-electron chi connectivity index (χ2n) is 7.34. The molecule has 0 aromatic rings. The van der Waals surface area contributed by atoms with Crippen LogP contribution >= 0.6 is 0 Å². The highest BCUT2D eigenvalue weighted by atomic mass is 16.6. The average Bonchev–Trinajstić information content (AvgIpc) is 2.51. The standard InChI is InChI=1S/C18H34NO5/c1-12(2)10-8-6-4-5-7-9-11-14(20)19-15-17(22)16(21)13(3)24-18(15)23/h12-13,15-18,21-22H,4-11H2,1-3H3,(H,19,20)/t13-,15-,16-,17-,18-/m1/s1. The zero-order valence-corrected chi connectivity index (χ0v) is 15.2. The van der Waals surface area contributed by atoms with E-state index in [0.717, 1.165) is 25.2 Å². The summed E-state index contributed by atoms with van der Waals surface area (Å²) < 4.78 is 5.00. The van der Waals surface area contributed by atoms with Crippen molar-refractivity contribution in [3.05, 3.63) is 0 Å². The fourth-order valence-electron chi connectivity index (χ4n) is 2.98. The monoisotopic (exact) mass is 344 g/mol. The first-order valence-electron chi connectivity index (χ1n) is 9.29. The maximum absolute atomic E-state index is 11.9. The third-order valence-electron chi connectivity index (χ3n) is 4.60. The molecule has 141 valence electrons. The van der Waals surface area contributed by atoms with E-state index in [2.05, 4.69) is 19.2 Å². The Balaban J connectivity index is 2.13. The minimum absolute atomic E-state index is 0.273. The van der Waals surface area contributed by atoms with Crippen molar-refractivity contribution in [3.8, 4) is 0 Å². The SMILES string of the molecule is CC(C)CCCCCCCCC(=O)N[C@@H]1[C@@H](O)[C@H](O)[C@@H](C)O[C@H]1[O]. The predicted molar refractivity (Wildman–Crippen MR) is 90.7 cm³/mol. The first-order chi connectivity index (χ1) is 11.3. The van der Waals surface area contributed by atoms with Gasteiger partial charge in [-0.15, -0.1) is 0 Å². The number of hydrogen-bond acceptors (Lipinski definition) is 4. The number of unbranched alkanes of at least 4 members (excludes halogenated alkanes) is 5. The number of aliphatic hydroxyl groups excluding tert-OH is 2. The van der Waals surface area contributed by atoms with Gasteiger partial charge in [-0.25, -0.2) is 0 Å². The second kappa shape index (κ2) is 11.0. The van der Waals surface area contributed by atoms with Crippen LogP contribution in [-0.2, 0) is 14.6 Å². The maximum atomic E-state index is 11.9. The van der Waals surface area contributed by atoms with E-state index in [-0.39, 0.29) is 5.91 Å². The van der Waals surface area contributed by atoms with Gasteiger partial charge in [0.25, 0.3) is 0 Å². The lowest BCUT2D eigenvalue weighted by Gasteiger charge is -2.38. The van der Waals surface area contributed by atoms with E-state index in [1.165, 1.54) is 32.6 Å². The Bertz CT molecular complexity index is 363. The molecule has 0 bridgehead atoms. The smallest absolute Gasteiger partial charge is 0.220 e. The van der Waals surface area contributed by atoms with Gasteiger partial charge in [0.2, 0.25) is 12.2 Å². The maximum Gasteiger partial charge on any atom is 0.220 e. The number of hydrogen-bond donors (Lipinski definition) is 3. The summed E-state index contributed by atoms with van der Waals surface area (Å²) in [5.74, 6) is 0.490. The van der Waals surface area contributed by atoms with Crippen LogP contribution in [0.5, 0.6) is 0 Å². The minimum atomic E-state index is -1.55. The van der Waals surface area contributed by atoms with E-state index in [9.17, 15) is 20.1 Å². The summed E-state index contributed by atoms with van der Waals surface area (Å²) in [5, 5.41) is 33.9. The first kappa shape index (κ1) is 21.4. The molecule has 0 aromatic heterocycles. The molecule has 0 unspecified atom stereocenters. The molecule has 1 heterocycles. The van der Waals surface area contributed by atoms with Gasteiger partial charge in [-0.2, -0.15) is 5.11 Å². The summed E-state index contributed by atoms with van der Waals surface area (Å²) in [4.78, 5) is 11.9. The van der Waals surface area contributed by atoms with Gasteiger partial charge in [0.1, 0.15) is 18.2 Å². The number of rotatable bonds is 10. The van der Waals surface area contributed by atoms with Gasteiger partial charge in [-0.1, -0.05) is 52.4 Å². The molecule has 6 heteroatoms. The Labute approximate surface area is 145 Å². The summed E-state index contributed by atoms with van der Waals surface area (Å²) in [6.45, 7) is 6.00. The van der Waals surface area contributed by atoms with Gasteiger partial charge in [0, 0.05) is 6.42 Å². The van der Waals surface area contributed by atoms with Crippen molar-refractivity contribution in [2.45, 2.75) is 103 Å². The van der Waals surface area contributed by atoms with E-state index in [1.807, 2.05) is 0 Å². The van der Waals surface area contributed by atoms with Gasteiger partial charge in [-0.3, -0.25) is 4.79 Å². The summed E-state index contributed by atoms with van der Waals surface area (Å²) in [7, 11) is 0. The van der Waals surface area contributed by atoms with Crippen molar-refractivity contribution >= 4 is 5.91 Å². The molecular formula is C18H34NO5. The topological polar surface area (TPSA) is 98.7 Å². The summed E-state index contributed by atoms with van der Waals surface area (Å²) in [6.07, 6.45) is 3.43. The van der Waals surface area contributed by atoms with Crippen LogP contribution in [0, 0.1) is 5.92 Å². The Hall–Kier alpha value is -0.690. The highest BCUT2D eigenvalue weighted by Crippen LogP contribution is 2.20. The molecule has 24 heavy (non-hydrogen) atoms. The van der Waals surface area contributed by atoms with E-state index < -0.39 is 30.6 Å². The van der Waals surface area contributed by atoms with Crippen LogP contribution in [0.2, 0.25) is 0 Å². The number of nitrogens with one attached hydrogen (secondary N) is 1. The fourth-order valence-corrected chi connectivity index (χ4v) is 2.98. The molecule has 1 aliphatic rings. The van der Waals surface area contributed by atoms with Crippen molar-refractivity contribution in [1.29, 1.82) is 0 Å². The first-order valence-corrected chi connectivity index (χ1v) is 9.29. The van der Waals surface area contributed by atoms with Crippen molar-refractivity contribution in [2.24, 2.45) is 5.92 Å². The molecule has 1 radical (unpaired) electrons. The van der Waals surface area contributed by atoms with Crippen LogP contribution in [0.4, 0.5) is 0 Å². The molecule has 1 rings (SSSR count). The average molecular weight is 344 g/mol. The largest absolute Gasteiger partial charge is 0.388 e. The number of carbonyl (C=O) groups excluding carboxylic acids is 1. The van der Waals surface area contributed by atoms with Crippen molar-refractivity contribution < 1.29 is 24.9 Å². The van der Waals surface area contributed by atoms with E-state index in [4.69, 9.17) is 4.74 Å². The third kappa shape index (κ3) is 7.47. The van der Waals surface area contributed by atoms with Gasteiger partial charge in [-0.05, 0) is 19.3 Å². The highest BCUT2D eigenvalue weighted by Gasteiger charge is 2.43. The van der Waals surface area contributed by atoms with Gasteiger partial charge in [0.15, 0.2) is 0 Å². The Morgan fingerprint density at radius 1 is 1.04 bits per heavy atom. The van der Waals surface area contributed by atoms with Crippen LogP contribution in [-0.4, -0.2) is 46.8 Å². The minimum Gasteiger partial charge on any atom is -0.388 e. The predicted octanol–water partition coefficient (Wildman–Crippen LogP) is 2.15. The Morgan fingerprint density at radius 2 is 1.62 bits per heavy atom. The zero-order chi connectivity index (χ0) is 18.1. The number of amides is 1. The molecule has 1 aliphatic heterocycles. The third-order valence-corrected chi connectivity index (χ3v) is 4.60. The highest BCUT2D eigenvalue weighted by molar-refractivity contribution is 5.76. The number of carbonyl (C=O) groups is 1. The van der Waals surface area contributed by atoms with Crippen LogP contribution in [0.3, 0.4) is 0 Å². The second-order valence-corrected chi connectivity index (χ2v) is 7.34. The Kier molecular flexibility index (Phi) is 9.81. The van der Waals surface area contributed by atoms with Crippen LogP contribution in [0.1, 0.15) is 72.1 Å². The van der Waals surface area contributed by atoms with Crippen LogP contribution < -0.4 is 5.32 Å². The lowest BCUT2D eigenvalue weighted by molar-refractivity contribution is -0.262. The normalized spacial score (nSPS) is 30.5. The van der Waals surface area contributed by atoms with Gasteiger partial charge in [0.05, 0.1) is 6.10 Å². The van der Waals surface area contributed by atoms with Crippen molar-refractivity contribution in [1.82, 2.24) is 5.32 Å². The molecule has 0 spiro atoms. The molecule has 1 saturated heterocycles. The number of aliphatic hydroxyl groups is 2. The van der Waals surface area contributed by atoms with Crippen LogP contribution in [0.15, 0.2) is 0 Å². The molecular weight excluding hydrogens is 310 g/mol. The van der Waals surface area contributed by atoms with Crippen molar-refractivity contribution in [3.63, 3.8) is 0 Å². The van der Waals surface area contributed by atoms with E-state index in [0.29, 0.717) is 6.42 Å². The molecule has 5 atom stereocenters.